The quantitative estimate of drug-likeness (QED) is 0.898. The maximum absolute atomic E-state index is 12.5. The Balaban J connectivity index is 1.85. The van der Waals surface area contributed by atoms with Crippen molar-refractivity contribution in [1.82, 2.24) is 0 Å². The molecule has 2 aromatic rings. The van der Waals surface area contributed by atoms with Gasteiger partial charge in [0.25, 0.3) is 5.91 Å². The number of nitrogens with one attached hydrogen (secondary N) is 1. The number of rotatable bonds is 3. The molecular formula is C18H21N3O2S. The van der Waals surface area contributed by atoms with E-state index in [1.165, 1.54) is 0 Å². The first-order valence-electron chi connectivity index (χ1n) is 7.78. The summed E-state index contributed by atoms with van der Waals surface area (Å²) in [5.41, 5.74) is 7.70. The van der Waals surface area contributed by atoms with Gasteiger partial charge in [-0.1, -0.05) is 12.1 Å². The van der Waals surface area contributed by atoms with Crippen molar-refractivity contribution < 1.29 is 9.53 Å². The summed E-state index contributed by atoms with van der Waals surface area (Å²) in [4.78, 5) is 19.2. The number of aryl methyl sites for hydroxylation is 2. The van der Waals surface area contributed by atoms with Crippen molar-refractivity contribution in [1.29, 1.82) is 0 Å². The van der Waals surface area contributed by atoms with Gasteiger partial charge < -0.3 is 15.8 Å². The molecule has 0 fully saturated rings. The second-order valence-corrected chi connectivity index (χ2v) is 7.69. The molecule has 126 valence electrons. The minimum atomic E-state index is -0.530. The predicted molar refractivity (Wildman–Crippen MR) is 98.0 cm³/mol. The van der Waals surface area contributed by atoms with Crippen LogP contribution in [0, 0.1) is 13.8 Å². The summed E-state index contributed by atoms with van der Waals surface area (Å²) in [7, 11) is 0. The Morgan fingerprint density at radius 3 is 2.83 bits per heavy atom. The highest BCUT2D eigenvalue weighted by molar-refractivity contribution is 7.12. The van der Waals surface area contributed by atoms with Crippen LogP contribution in [0.15, 0.2) is 35.3 Å². The number of aliphatic imine (C=N–C) groups is 1. The summed E-state index contributed by atoms with van der Waals surface area (Å²) in [5.74, 6) is 0.393. The fourth-order valence-electron chi connectivity index (χ4n) is 2.87. The molecule has 3 N–H and O–H groups in total. The smallest absolute Gasteiger partial charge is 0.256 e. The molecule has 2 heterocycles. The number of thiophene rings is 1. The van der Waals surface area contributed by atoms with Gasteiger partial charge in [0.15, 0.2) is 0 Å². The van der Waals surface area contributed by atoms with Crippen molar-refractivity contribution in [3.05, 3.63) is 51.2 Å². The molecule has 1 aliphatic rings. The van der Waals surface area contributed by atoms with Gasteiger partial charge in [-0.25, -0.2) is 0 Å². The zero-order valence-corrected chi connectivity index (χ0v) is 14.9. The van der Waals surface area contributed by atoms with Crippen molar-refractivity contribution >= 4 is 28.8 Å². The molecule has 5 nitrogen and oxygen atoms in total. The average Bonchev–Trinajstić information content (AvgIpc) is 2.86. The number of hydrogen-bond donors (Lipinski definition) is 2. The molecule has 0 saturated heterocycles. The summed E-state index contributed by atoms with van der Waals surface area (Å²) >= 11 is 1.62. The standard InChI is InChI=1S/C18H21N3O2S/c1-11-7-15(12(2)24-11)17(22)20-14-6-4-5-13(8-14)18(3)10-23-9-16(19)21-18/h4-8H,9-10H2,1-3H3,(H2,19,21)(H,20,22). The minimum Gasteiger partial charge on any atom is -0.386 e. The monoisotopic (exact) mass is 343 g/mol. The van der Waals surface area contributed by atoms with Gasteiger partial charge in [-0.15, -0.1) is 11.3 Å². The lowest BCUT2D eigenvalue weighted by atomic mass is 9.92. The van der Waals surface area contributed by atoms with E-state index >= 15 is 0 Å². The van der Waals surface area contributed by atoms with Crippen LogP contribution in [-0.4, -0.2) is 25.0 Å². The zero-order valence-electron chi connectivity index (χ0n) is 14.1. The second kappa shape index (κ2) is 6.37. The summed E-state index contributed by atoms with van der Waals surface area (Å²) in [6.45, 7) is 6.77. The average molecular weight is 343 g/mol. The first-order chi connectivity index (χ1) is 11.4. The molecule has 6 heteroatoms. The van der Waals surface area contributed by atoms with Crippen molar-refractivity contribution in [3.63, 3.8) is 0 Å². The van der Waals surface area contributed by atoms with Gasteiger partial charge in [0, 0.05) is 15.4 Å². The molecule has 0 radical (unpaired) electrons. The van der Waals surface area contributed by atoms with E-state index in [1.54, 1.807) is 11.3 Å². The fraction of sp³-hybridized carbons (Fsp3) is 0.333. The lowest BCUT2D eigenvalue weighted by molar-refractivity contribution is 0.102. The van der Waals surface area contributed by atoms with E-state index in [4.69, 9.17) is 10.5 Å². The lowest BCUT2D eigenvalue weighted by Crippen LogP contribution is -2.37. The Hall–Kier alpha value is -2.18. The highest BCUT2D eigenvalue weighted by atomic mass is 32.1. The minimum absolute atomic E-state index is 0.0953. The number of ether oxygens (including phenoxy) is 1. The molecule has 1 aromatic carbocycles. The van der Waals surface area contributed by atoms with Gasteiger partial charge in [-0.2, -0.15) is 0 Å². The number of hydrogen-bond acceptors (Lipinski definition) is 5. The maximum atomic E-state index is 12.5. The van der Waals surface area contributed by atoms with Crippen LogP contribution in [0.4, 0.5) is 5.69 Å². The van der Waals surface area contributed by atoms with Crippen LogP contribution in [0.2, 0.25) is 0 Å². The van der Waals surface area contributed by atoms with Crippen LogP contribution in [-0.2, 0) is 10.3 Å². The van der Waals surface area contributed by atoms with E-state index in [0.29, 0.717) is 19.0 Å². The Morgan fingerprint density at radius 1 is 1.38 bits per heavy atom. The Labute approximate surface area is 145 Å². The number of amidine groups is 1. The van der Waals surface area contributed by atoms with E-state index in [0.717, 1.165) is 26.6 Å². The van der Waals surface area contributed by atoms with Crippen molar-refractivity contribution in [3.8, 4) is 0 Å². The molecule has 1 aromatic heterocycles. The third kappa shape index (κ3) is 3.34. The third-order valence-corrected chi connectivity index (χ3v) is 5.02. The predicted octanol–water partition coefficient (Wildman–Crippen LogP) is 3.22. The van der Waals surface area contributed by atoms with E-state index in [-0.39, 0.29) is 5.91 Å². The summed E-state index contributed by atoms with van der Waals surface area (Å²) in [5, 5.41) is 2.97. The van der Waals surface area contributed by atoms with Crippen LogP contribution in [0.5, 0.6) is 0 Å². The lowest BCUT2D eigenvalue weighted by Gasteiger charge is -2.30. The van der Waals surface area contributed by atoms with Crippen molar-refractivity contribution in [2.24, 2.45) is 10.7 Å². The number of carbonyl (C=O) groups is 1. The molecular weight excluding hydrogens is 322 g/mol. The second-order valence-electron chi connectivity index (χ2n) is 6.23. The number of anilines is 1. The Kier molecular flexibility index (Phi) is 4.43. The molecule has 0 spiro atoms. The summed E-state index contributed by atoms with van der Waals surface area (Å²) in [6, 6.07) is 9.60. The van der Waals surface area contributed by atoms with Gasteiger partial charge in [-0.3, -0.25) is 9.79 Å². The van der Waals surface area contributed by atoms with E-state index in [2.05, 4.69) is 10.3 Å². The largest absolute Gasteiger partial charge is 0.386 e. The Morgan fingerprint density at radius 2 is 2.17 bits per heavy atom. The van der Waals surface area contributed by atoms with E-state index < -0.39 is 5.54 Å². The third-order valence-electron chi connectivity index (χ3n) is 4.05. The zero-order chi connectivity index (χ0) is 17.3. The Bertz CT molecular complexity index is 812. The van der Waals surface area contributed by atoms with Crippen LogP contribution in [0.1, 0.15) is 32.6 Å². The molecule has 0 saturated carbocycles. The fourth-order valence-corrected chi connectivity index (χ4v) is 3.79. The molecule has 3 rings (SSSR count). The summed E-state index contributed by atoms with van der Waals surface area (Å²) in [6.07, 6.45) is 0. The van der Waals surface area contributed by atoms with E-state index in [1.807, 2.05) is 51.1 Å². The molecule has 1 atom stereocenters. The van der Waals surface area contributed by atoms with Crippen LogP contribution in [0.3, 0.4) is 0 Å². The first kappa shape index (κ1) is 16.7. The highest BCUT2D eigenvalue weighted by Crippen LogP contribution is 2.30. The number of nitrogens with zero attached hydrogens (tertiary/aromatic N) is 1. The molecule has 0 bridgehead atoms. The summed E-state index contributed by atoms with van der Waals surface area (Å²) < 4.78 is 5.52. The number of carbonyl (C=O) groups excluding carboxylic acids is 1. The number of amides is 1. The van der Waals surface area contributed by atoms with Crippen LogP contribution in [0.25, 0.3) is 0 Å². The highest BCUT2D eigenvalue weighted by Gasteiger charge is 2.30. The first-order valence-corrected chi connectivity index (χ1v) is 8.60. The van der Waals surface area contributed by atoms with Crippen LogP contribution < -0.4 is 11.1 Å². The van der Waals surface area contributed by atoms with Crippen LogP contribution >= 0.6 is 11.3 Å². The molecule has 0 aliphatic carbocycles. The number of benzene rings is 1. The van der Waals surface area contributed by atoms with Gasteiger partial charge in [0.1, 0.15) is 18.0 Å². The molecule has 24 heavy (non-hydrogen) atoms. The molecule has 1 aliphatic heterocycles. The maximum Gasteiger partial charge on any atom is 0.256 e. The van der Waals surface area contributed by atoms with Gasteiger partial charge in [0.2, 0.25) is 0 Å². The van der Waals surface area contributed by atoms with Gasteiger partial charge in [0.05, 0.1) is 12.2 Å². The number of nitrogens with two attached hydrogens (primary N) is 1. The topological polar surface area (TPSA) is 76.7 Å². The molecule has 1 amide bonds. The normalized spacial score (nSPS) is 20.5. The molecule has 1 unspecified atom stereocenters. The van der Waals surface area contributed by atoms with Crippen molar-refractivity contribution in [2.45, 2.75) is 26.3 Å². The van der Waals surface area contributed by atoms with Gasteiger partial charge >= 0.3 is 0 Å². The SMILES string of the molecule is Cc1cc(C(=O)Nc2cccc(C3(C)COCC(N)=N3)c2)c(C)s1. The van der Waals surface area contributed by atoms with E-state index in [9.17, 15) is 4.79 Å². The van der Waals surface area contributed by atoms with Gasteiger partial charge in [-0.05, 0) is 44.5 Å². The van der Waals surface area contributed by atoms with Crippen molar-refractivity contribution in [2.75, 3.05) is 18.5 Å².